The topological polar surface area (TPSA) is 84.9 Å². The maximum Gasteiger partial charge on any atom is 0.417 e. The molecule has 7 nitrogen and oxygen atoms in total. The molecule has 1 N–H and O–H groups in total. The average molecular weight is 415 g/mol. The second kappa shape index (κ2) is 10.1. The van der Waals surface area contributed by atoms with E-state index in [-0.39, 0.29) is 6.61 Å². The third kappa shape index (κ3) is 6.20. The van der Waals surface area contributed by atoms with E-state index in [1.807, 2.05) is 51.1 Å². The number of allylic oxidation sites excluding steroid dienone is 1. The molecule has 0 saturated carbocycles. The Hall–Kier alpha value is -3.09. The Balaban J connectivity index is 2.20. The lowest BCUT2D eigenvalue weighted by atomic mass is 9.98. The molecule has 3 amide bonds. The summed E-state index contributed by atoms with van der Waals surface area (Å²) < 4.78 is 10.6. The first kappa shape index (κ1) is 23.2. The van der Waals surface area contributed by atoms with Crippen molar-refractivity contribution in [2.45, 2.75) is 51.8 Å². The summed E-state index contributed by atoms with van der Waals surface area (Å²) in [6.07, 6.45) is 2.88. The van der Waals surface area contributed by atoms with Gasteiger partial charge in [-0.05, 0) is 45.8 Å². The molecule has 3 atom stereocenters. The van der Waals surface area contributed by atoms with Crippen LogP contribution in [0.25, 0.3) is 0 Å². The van der Waals surface area contributed by atoms with Crippen molar-refractivity contribution >= 4 is 18.1 Å². The maximum atomic E-state index is 13.3. The Bertz CT molecular complexity index is 798. The second-order valence-electron chi connectivity index (χ2n) is 8.16. The van der Waals surface area contributed by atoms with Gasteiger partial charge in [-0.2, -0.15) is 0 Å². The molecule has 162 valence electrons. The van der Waals surface area contributed by atoms with Crippen LogP contribution in [0.2, 0.25) is 0 Å². The van der Waals surface area contributed by atoms with Gasteiger partial charge in [0.1, 0.15) is 12.7 Å². The van der Waals surface area contributed by atoms with Crippen molar-refractivity contribution in [1.82, 2.24) is 10.2 Å². The molecule has 30 heavy (non-hydrogen) atoms. The van der Waals surface area contributed by atoms with Crippen LogP contribution in [0.1, 0.15) is 33.3 Å². The fraction of sp³-hybridized carbons (Fsp3) is 0.435. The number of ether oxygens (including phenoxy) is 2. The van der Waals surface area contributed by atoms with E-state index in [0.29, 0.717) is 6.42 Å². The fourth-order valence-electron chi connectivity index (χ4n) is 3.18. The minimum Gasteiger partial charge on any atom is -0.447 e. The molecule has 0 bridgehead atoms. The zero-order valence-electron chi connectivity index (χ0n) is 18.0. The van der Waals surface area contributed by atoms with Crippen LogP contribution in [0.4, 0.5) is 9.59 Å². The Morgan fingerprint density at radius 3 is 2.57 bits per heavy atom. The van der Waals surface area contributed by atoms with Gasteiger partial charge in [0.05, 0.1) is 12.0 Å². The highest BCUT2D eigenvalue weighted by atomic mass is 16.6. The normalized spacial score (nSPS) is 18.6. The van der Waals surface area contributed by atoms with Crippen LogP contribution in [0.3, 0.4) is 0 Å². The van der Waals surface area contributed by atoms with Crippen molar-refractivity contribution in [1.29, 1.82) is 0 Å². The SMILES string of the molecule is C=C[C@H](C(=O)N1C(=O)OC[C@@H]1Cc1ccccc1)[C@@H](/C=C/C)OC(=O)NC(C)(C)C. The number of nitrogens with one attached hydrogen (secondary N) is 1. The van der Waals surface area contributed by atoms with Gasteiger partial charge in [0, 0.05) is 5.54 Å². The van der Waals surface area contributed by atoms with E-state index < -0.39 is 41.7 Å². The summed E-state index contributed by atoms with van der Waals surface area (Å²) in [6.45, 7) is 11.1. The highest BCUT2D eigenvalue weighted by molar-refractivity contribution is 5.96. The van der Waals surface area contributed by atoms with Crippen molar-refractivity contribution in [2.75, 3.05) is 6.61 Å². The van der Waals surface area contributed by atoms with E-state index in [1.54, 1.807) is 19.1 Å². The predicted octanol–water partition coefficient (Wildman–Crippen LogP) is 3.85. The first-order chi connectivity index (χ1) is 14.2. The van der Waals surface area contributed by atoms with E-state index >= 15 is 0 Å². The number of nitrogens with zero attached hydrogens (tertiary/aromatic N) is 1. The molecule has 1 aliphatic heterocycles. The molecule has 1 aromatic rings. The summed E-state index contributed by atoms with van der Waals surface area (Å²) in [7, 11) is 0. The van der Waals surface area contributed by atoms with Crippen LogP contribution >= 0.6 is 0 Å². The average Bonchev–Trinajstić information content (AvgIpc) is 3.01. The van der Waals surface area contributed by atoms with Crippen LogP contribution in [-0.4, -0.2) is 47.3 Å². The number of carbonyl (C=O) groups is 3. The number of cyclic esters (lactones) is 1. The minimum absolute atomic E-state index is 0.114. The molecule has 1 aliphatic rings. The molecule has 1 fully saturated rings. The van der Waals surface area contributed by atoms with Crippen molar-refractivity contribution in [3.8, 4) is 0 Å². The van der Waals surface area contributed by atoms with Crippen LogP contribution in [-0.2, 0) is 20.7 Å². The summed E-state index contributed by atoms with van der Waals surface area (Å²) in [6, 6.07) is 9.12. The molecule has 1 saturated heterocycles. The fourth-order valence-corrected chi connectivity index (χ4v) is 3.18. The molecular formula is C23H30N2O5. The third-order valence-electron chi connectivity index (χ3n) is 4.51. The molecule has 1 aromatic carbocycles. The van der Waals surface area contributed by atoms with Gasteiger partial charge >= 0.3 is 12.2 Å². The van der Waals surface area contributed by atoms with E-state index in [1.165, 1.54) is 6.08 Å². The summed E-state index contributed by atoms with van der Waals surface area (Å²) in [5, 5.41) is 2.70. The first-order valence-corrected chi connectivity index (χ1v) is 9.94. The van der Waals surface area contributed by atoms with Crippen molar-refractivity contribution in [2.24, 2.45) is 5.92 Å². The number of carbonyl (C=O) groups excluding carboxylic acids is 3. The Morgan fingerprint density at radius 2 is 2.00 bits per heavy atom. The summed E-state index contributed by atoms with van der Waals surface area (Å²) in [5.41, 5.74) is 0.490. The number of rotatable bonds is 7. The quantitative estimate of drug-likeness (QED) is 0.685. The molecule has 0 aliphatic carbocycles. The number of hydrogen-bond acceptors (Lipinski definition) is 5. The van der Waals surface area contributed by atoms with Crippen molar-refractivity contribution < 1.29 is 23.9 Å². The third-order valence-corrected chi connectivity index (χ3v) is 4.51. The van der Waals surface area contributed by atoms with E-state index in [0.717, 1.165) is 10.5 Å². The molecule has 0 unspecified atom stereocenters. The standard InChI is InChI=1S/C23H30N2O5/c1-6-11-19(30-21(27)24-23(3,4)5)18(7-2)20(26)25-17(15-29-22(25)28)14-16-12-9-8-10-13-16/h6-13,17-19H,2,14-15H2,1,3-5H3,(H,24,27)/b11-6+/t17-,18-,19+/m0/s1. The lowest BCUT2D eigenvalue weighted by Crippen LogP contribution is -2.48. The Morgan fingerprint density at radius 1 is 1.33 bits per heavy atom. The van der Waals surface area contributed by atoms with Gasteiger partial charge in [-0.1, -0.05) is 42.5 Å². The predicted molar refractivity (Wildman–Crippen MR) is 114 cm³/mol. The molecular weight excluding hydrogens is 384 g/mol. The summed E-state index contributed by atoms with van der Waals surface area (Å²) in [4.78, 5) is 39.0. The van der Waals surface area contributed by atoms with E-state index in [2.05, 4.69) is 11.9 Å². The second-order valence-corrected chi connectivity index (χ2v) is 8.16. The summed E-state index contributed by atoms with van der Waals surface area (Å²) >= 11 is 0. The Labute approximate surface area is 177 Å². The molecule has 7 heteroatoms. The smallest absolute Gasteiger partial charge is 0.417 e. The lowest BCUT2D eigenvalue weighted by Gasteiger charge is -2.28. The zero-order valence-corrected chi connectivity index (χ0v) is 18.0. The summed E-state index contributed by atoms with van der Waals surface area (Å²) in [5.74, 6) is -1.45. The van der Waals surface area contributed by atoms with Gasteiger partial charge in [-0.15, -0.1) is 6.58 Å². The van der Waals surface area contributed by atoms with Crippen LogP contribution in [0, 0.1) is 5.92 Å². The number of imide groups is 1. The van der Waals surface area contributed by atoms with Crippen molar-refractivity contribution in [3.63, 3.8) is 0 Å². The first-order valence-electron chi connectivity index (χ1n) is 9.94. The van der Waals surface area contributed by atoms with Gasteiger partial charge in [0.15, 0.2) is 0 Å². The van der Waals surface area contributed by atoms with Gasteiger partial charge in [0.25, 0.3) is 0 Å². The Kier molecular flexibility index (Phi) is 7.80. The van der Waals surface area contributed by atoms with Crippen LogP contribution in [0.15, 0.2) is 55.1 Å². The molecule has 0 radical (unpaired) electrons. The van der Waals surface area contributed by atoms with Gasteiger partial charge in [-0.25, -0.2) is 14.5 Å². The van der Waals surface area contributed by atoms with E-state index in [9.17, 15) is 14.4 Å². The highest BCUT2D eigenvalue weighted by Gasteiger charge is 2.42. The largest absolute Gasteiger partial charge is 0.447 e. The van der Waals surface area contributed by atoms with Gasteiger partial charge in [0.2, 0.25) is 5.91 Å². The highest BCUT2D eigenvalue weighted by Crippen LogP contribution is 2.23. The monoisotopic (exact) mass is 414 g/mol. The number of alkyl carbamates (subject to hydrolysis) is 1. The number of hydrogen-bond donors (Lipinski definition) is 1. The molecule has 1 heterocycles. The minimum atomic E-state index is -0.934. The van der Waals surface area contributed by atoms with Crippen LogP contribution in [0.5, 0.6) is 0 Å². The molecule has 0 spiro atoms. The van der Waals surface area contributed by atoms with Crippen molar-refractivity contribution in [3.05, 3.63) is 60.7 Å². The maximum absolute atomic E-state index is 13.3. The zero-order chi connectivity index (χ0) is 22.3. The number of amides is 3. The molecule has 0 aromatic heterocycles. The van der Waals surface area contributed by atoms with Gasteiger partial charge in [-0.3, -0.25) is 4.79 Å². The number of benzene rings is 1. The van der Waals surface area contributed by atoms with Gasteiger partial charge < -0.3 is 14.8 Å². The van der Waals surface area contributed by atoms with Crippen LogP contribution < -0.4 is 5.32 Å². The lowest BCUT2D eigenvalue weighted by molar-refractivity contribution is -0.134. The van der Waals surface area contributed by atoms with E-state index in [4.69, 9.17) is 9.47 Å². The molecule has 2 rings (SSSR count).